The number of nitrogens with zero attached hydrogens (tertiary/aromatic N) is 2. The Kier molecular flexibility index (Phi) is 3.48. The summed E-state index contributed by atoms with van der Waals surface area (Å²) in [5.74, 6) is 0.891. The van der Waals surface area contributed by atoms with Crippen LogP contribution in [0.25, 0.3) is 0 Å². The topological polar surface area (TPSA) is 23.6 Å². The van der Waals surface area contributed by atoms with Crippen molar-refractivity contribution in [3.05, 3.63) is 0 Å². The number of hydrogen-bond donors (Lipinski definition) is 0. The maximum atomic E-state index is 11.7. The summed E-state index contributed by atoms with van der Waals surface area (Å²) in [6, 6.07) is 0.786. The van der Waals surface area contributed by atoms with Crippen molar-refractivity contribution in [2.45, 2.75) is 44.6 Å². The summed E-state index contributed by atoms with van der Waals surface area (Å²) >= 11 is 0. The van der Waals surface area contributed by atoms with E-state index in [0.717, 1.165) is 31.8 Å². The molecule has 2 unspecified atom stereocenters. The van der Waals surface area contributed by atoms with Crippen LogP contribution in [0.3, 0.4) is 0 Å². The Bertz CT molecular complexity index is 286. The van der Waals surface area contributed by atoms with Crippen molar-refractivity contribution in [3.8, 4) is 0 Å². The second-order valence-corrected chi connectivity index (χ2v) is 6.00. The Morgan fingerprint density at radius 1 is 1.06 bits per heavy atom. The van der Waals surface area contributed by atoms with Gasteiger partial charge in [-0.2, -0.15) is 0 Å². The lowest BCUT2D eigenvalue weighted by Crippen LogP contribution is -2.36. The number of likely N-dealkylation sites (tertiary alicyclic amines) is 2. The molecule has 3 nitrogen and oxygen atoms in total. The van der Waals surface area contributed by atoms with Gasteiger partial charge in [-0.25, -0.2) is 0 Å². The Labute approximate surface area is 104 Å². The minimum atomic E-state index is 0.368. The van der Waals surface area contributed by atoms with Crippen LogP contribution >= 0.6 is 0 Å². The van der Waals surface area contributed by atoms with Crippen LogP contribution in [-0.4, -0.2) is 54.3 Å². The summed E-state index contributed by atoms with van der Waals surface area (Å²) in [5, 5.41) is 0. The molecule has 1 aliphatic carbocycles. The SMILES string of the molecule is O=C1CCCC1CN1CCC(N2CCCC2)C1. The standard InChI is InChI=1S/C14H24N2O/c17-14-5-3-4-12(14)10-15-9-6-13(11-15)16-7-1-2-8-16/h12-13H,1-11H2. The molecule has 1 saturated carbocycles. The van der Waals surface area contributed by atoms with Crippen LogP contribution in [0.15, 0.2) is 0 Å². The van der Waals surface area contributed by atoms with Crippen molar-refractivity contribution < 1.29 is 4.79 Å². The fourth-order valence-electron chi connectivity index (χ4n) is 3.78. The number of Topliss-reactive ketones (excluding diaryl/α,β-unsaturated/α-hetero) is 1. The molecule has 0 aromatic carbocycles. The van der Waals surface area contributed by atoms with E-state index < -0.39 is 0 Å². The molecule has 2 atom stereocenters. The van der Waals surface area contributed by atoms with E-state index in [0.29, 0.717) is 11.7 Å². The first-order chi connectivity index (χ1) is 8.33. The van der Waals surface area contributed by atoms with Gasteiger partial charge in [0.2, 0.25) is 0 Å². The van der Waals surface area contributed by atoms with Crippen LogP contribution in [0.2, 0.25) is 0 Å². The normalized spacial score (nSPS) is 36.1. The van der Waals surface area contributed by atoms with Crippen molar-refractivity contribution in [1.82, 2.24) is 9.80 Å². The van der Waals surface area contributed by atoms with Gasteiger partial charge in [-0.3, -0.25) is 9.69 Å². The van der Waals surface area contributed by atoms with Gasteiger partial charge in [-0.05, 0) is 51.7 Å². The zero-order valence-electron chi connectivity index (χ0n) is 10.7. The number of rotatable bonds is 3. The minimum absolute atomic E-state index is 0.368. The van der Waals surface area contributed by atoms with Gasteiger partial charge < -0.3 is 4.90 Å². The molecule has 0 spiro atoms. The van der Waals surface area contributed by atoms with E-state index in [-0.39, 0.29) is 0 Å². The Hall–Kier alpha value is -0.410. The average molecular weight is 236 g/mol. The third kappa shape index (κ3) is 2.55. The predicted molar refractivity (Wildman–Crippen MR) is 68.0 cm³/mol. The summed E-state index contributed by atoms with van der Waals surface area (Å²) in [7, 11) is 0. The monoisotopic (exact) mass is 236 g/mol. The van der Waals surface area contributed by atoms with E-state index in [2.05, 4.69) is 9.80 Å². The van der Waals surface area contributed by atoms with Gasteiger partial charge in [0.15, 0.2) is 0 Å². The maximum Gasteiger partial charge on any atom is 0.137 e. The molecule has 2 saturated heterocycles. The van der Waals surface area contributed by atoms with Crippen LogP contribution in [0, 0.1) is 5.92 Å². The lowest BCUT2D eigenvalue weighted by molar-refractivity contribution is -0.121. The first kappa shape index (κ1) is 11.7. The van der Waals surface area contributed by atoms with Gasteiger partial charge in [0.1, 0.15) is 5.78 Å². The third-order valence-corrected chi connectivity index (χ3v) is 4.81. The molecular weight excluding hydrogens is 212 g/mol. The summed E-state index contributed by atoms with van der Waals surface area (Å²) in [5.41, 5.74) is 0. The molecule has 2 aliphatic heterocycles. The Balaban J connectivity index is 1.48. The summed E-state index contributed by atoms with van der Waals surface area (Å²) in [6.45, 7) is 6.08. The molecule has 3 rings (SSSR count). The van der Waals surface area contributed by atoms with Crippen LogP contribution in [0.4, 0.5) is 0 Å². The van der Waals surface area contributed by atoms with Crippen LogP contribution in [0.5, 0.6) is 0 Å². The molecule has 3 heteroatoms. The van der Waals surface area contributed by atoms with Crippen molar-refractivity contribution >= 4 is 5.78 Å². The van der Waals surface area contributed by atoms with Crippen molar-refractivity contribution in [2.24, 2.45) is 5.92 Å². The molecule has 0 N–H and O–H groups in total. The fourth-order valence-corrected chi connectivity index (χ4v) is 3.78. The Morgan fingerprint density at radius 3 is 2.59 bits per heavy atom. The largest absolute Gasteiger partial charge is 0.301 e. The lowest BCUT2D eigenvalue weighted by Gasteiger charge is -2.24. The van der Waals surface area contributed by atoms with Crippen molar-refractivity contribution in [3.63, 3.8) is 0 Å². The van der Waals surface area contributed by atoms with E-state index in [1.165, 1.54) is 45.4 Å². The van der Waals surface area contributed by atoms with Crippen molar-refractivity contribution in [1.29, 1.82) is 0 Å². The van der Waals surface area contributed by atoms with Gasteiger partial charge in [-0.15, -0.1) is 0 Å². The zero-order valence-corrected chi connectivity index (χ0v) is 10.7. The number of ketones is 1. The number of hydrogen-bond acceptors (Lipinski definition) is 3. The first-order valence-corrected chi connectivity index (χ1v) is 7.32. The lowest BCUT2D eigenvalue weighted by atomic mass is 10.1. The molecule has 96 valence electrons. The molecule has 0 bridgehead atoms. The maximum absolute atomic E-state index is 11.7. The highest BCUT2D eigenvalue weighted by Gasteiger charge is 2.32. The Morgan fingerprint density at radius 2 is 1.88 bits per heavy atom. The first-order valence-electron chi connectivity index (χ1n) is 7.32. The van der Waals surface area contributed by atoms with Gasteiger partial charge in [0.05, 0.1) is 0 Å². The van der Waals surface area contributed by atoms with E-state index in [1.54, 1.807) is 0 Å². The molecule has 0 amide bonds. The van der Waals surface area contributed by atoms with Gasteiger partial charge in [-0.1, -0.05) is 0 Å². The summed E-state index contributed by atoms with van der Waals surface area (Å²) < 4.78 is 0. The molecule has 3 aliphatic rings. The van der Waals surface area contributed by atoms with Gasteiger partial charge in [0.25, 0.3) is 0 Å². The van der Waals surface area contributed by atoms with Crippen LogP contribution in [0.1, 0.15) is 38.5 Å². The average Bonchev–Trinajstić information content (AvgIpc) is 3.02. The van der Waals surface area contributed by atoms with E-state index >= 15 is 0 Å². The molecule has 0 aromatic heterocycles. The molecule has 0 radical (unpaired) electrons. The second-order valence-electron chi connectivity index (χ2n) is 6.00. The van der Waals surface area contributed by atoms with E-state index in [1.807, 2.05) is 0 Å². The highest BCUT2D eigenvalue weighted by atomic mass is 16.1. The van der Waals surface area contributed by atoms with Crippen LogP contribution in [-0.2, 0) is 4.79 Å². The molecule has 0 aromatic rings. The molecular formula is C14H24N2O. The second kappa shape index (κ2) is 5.07. The fraction of sp³-hybridized carbons (Fsp3) is 0.929. The summed E-state index contributed by atoms with van der Waals surface area (Å²) in [4.78, 5) is 16.9. The van der Waals surface area contributed by atoms with Crippen molar-refractivity contribution in [2.75, 3.05) is 32.7 Å². The summed E-state index contributed by atoms with van der Waals surface area (Å²) in [6.07, 6.45) is 7.21. The van der Waals surface area contributed by atoms with Gasteiger partial charge >= 0.3 is 0 Å². The van der Waals surface area contributed by atoms with Gasteiger partial charge in [0, 0.05) is 31.5 Å². The quantitative estimate of drug-likeness (QED) is 0.742. The van der Waals surface area contributed by atoms with E-state index in [9.17, 15) is 4.79 Å². The highest BCUT2D eigenvalue weighted by Crippen LogP contribution is 2.25. The zero-order chi connectivity index (χ0) is 11.7. The van der Waals surface area contributed by atoms with Crippen LogP contribution < -0.4 is 0 Å². The number of carbonyl (C=O) groups excluding carboxylic acids is 1. The molecule has 2 heterocycles. The third-order valence-electron chi connectivity index (χ3n) is 4.81. The predicted octanol–water partition coefficient (Wildman–Crippen LogP) is 1.53. The minimum Gasteiger partial charge on any atom is -0.301 e. The smallest absolute Gasteiger partial charge is 0.137 e. The number of carbonyl (C=O) groups is 1. The highest BCUT2D eigenvalue weighted by molar-refractivity contribution is 5.83. The molecule has 17 heavy (non-hydrogen) atoms. The van der Waals surface area contributed by atoms with E-state index in [4.69, 9.17) is 0 Å². The molecule has 3 fully saturated rings.